The quantitative estimate of drug-likeness (QED) is 0.745. The van der Waals surface area contributed by atoms with E-state index in [1.54, 1.807) is 18.2 Å². The van der Waals surface area contributed by atoms with Crippen LogP contribution in [0.1, 0.15) is 54.5 Å². The Balaban J connectivity index is 1.91. The van der Waals surface area contributed by atoms with Crippen LogP contribution >= 0.6 is 0 Å². The van der Waals surface area contributed by atoms with Crippen LogP contribution in [-0.2, 0) is 17.8 Å². The third kappa shape index (κ3) is 5.95. The number of hydrogen-bond acceptors (Lipinski definition) is 6. The van der Waals surface area contributed by atoms with Gasteiger partial charge < -0.3 is 14.4 Å². The van der Waals surface area contributed by atoms with Gasteiger partial charge in [-0.15, -0.1) is 0 Å². The molecule has 2 rings (SSSR count). The summed E-state index contributed by atoms with van der Waals surface area (Å²) in [6, 6.07) is 6.88. The second kappa shape index (κ2) is 8.73. The molecule has 0 amide bonds. The van der Waals surface area contributed by atoms with E-state index >= 15 is 0 Å². The number of aromatic nitrogens is 2. The maximum absolute atomic E-state index is 11.0. The first kappa shape index (κ1) is 19.1. The van der Waals surface area contributed by atoms with Crippen molar-refractivity contribution in [2.24, 2.45) is 5.92 Å². The van der Waals surface area contributed by atoms with Gasteiger partial charge in [0.15, 0.2) is 5.82 Å². The SMILES string of the molecule is CC(C)COC(C)c1noc(CN(C)Cc2cccc(C(=O)O)c2)n1. The summed E-state index contributed by atoms with van der Waals surface area (Å²) in [5.41, 5.74) is 1.19. The number of carboxylic acids is 1. The molecular formula is C18H25N3O4. The van der Waals surface area contributed by atoms with Crippen molar-refractivity contribution in [3.8, 4) is 0 Å². The van der Waals surface area contributed by atoms with Gasteiger partial charge in [0.1, 0.15) is 6.10 Å². The van der Waals surface area contributed by atoms with Gasteiger partial charge in [0, 0.05) is 13.2 Å². The van der Waals surface area contributed by atoms with Gasteiger partial charge in [-0.2, -0.15) is 4.98 Å². The van der Waals surface area contributed by atoms with Crippen LogP contribution in [0.15, 0.2) is 28.8 Å². The van der Waals surface area contributed by atoms with Crippen LogP contribution in [0.4, 0.5) is 0 Å². The number of nitrogens with zero attached hydrogens (tertiary/aromatic N) is 3. The van der Waals surface area contributed by atoms with Crippen molar-refractivity contribution < 1.29 is 19.2 Å². The van der Waals surface area contributed by atoms with E-state index in [4.69, 9.17) is 14.4 Å². The number of ether oxygens (including phenoxy) is 1. The van der Waals surface area contributed by atoms with Crippen molar-refractivity contribution in [3.05, 3.63) is 47.1 Å². The molecule has 0 fully saturated rings. The van der Waals surface area contributed by atoms with Gasteiger partial charge in [0.25, 0.3) is 0 Å². The standard InChI is InChI=1S/C18H25N3O4/c1-12(2)11-24-13(3)17-19-16(25-20-17)10-21(4)9-14-6-5-7-15(8-14)18(22)23/h5-8,12-13H,9-11H2,1-4H3,(H,22,23). The Morgan fingerprint density at radius 1 is 1.32 bits per heavy atom. The molecule has 0 spiro atoms. The zero-order chi connectivity index (χ0) is 18.4. The summed E-state index contributed by atoms with van der Waals surface area (Å²) in [7, 11) is 1.91. The highest BCUT2D eigenvalue weighted by Gasteiger charge is 2.16. The van der Waals surface area contributed by atoms with Crippen LogP contribution in [0.3, 0.4) is 0 Å². The molecule has 0 aliphatic heterocycles. The maximum Gasteiger partial charge on any atom is 0.335 e. The molecule has 136 valence electrons. The molecule has 1 heterocycles. The average molecular weight is 347 g/mol. The Labute approximate surface area is 147 Å². The van der Waals surface area contributed by atoms with Crippen LogP contribution in [0, 0.1) is 5.92 Å². The average Bonchev–Trinajstić information content (AvgIpc) is 3.01. The fourth-order valence-electron chi connectivity index (χ4n) is 2.31. The molecule has 7 nitrogen and oxygen atoms in total. The second-order valence-corrected chi connectivity index (χ2v) is 6.59. The zero-order valence-corrected chi connectivity index (χ0v) is 15.1. The Kier molecular flexibility index (Phi) is 6.66. The first-order valence-corrected chi connectivity index (χ1v) is 8.30. The number of hydrogen-bond donors (Lipinski definition) is 1. The molecule has 0 saturated heterocycles. The summed E-state index contributed by atoms with van der Waals surface area (Å²) < 4.78 is 11.0. The predicted octanol–water partition coefficient (Wildman–Crippen LogP) is 3.13. The maximum atomic E-state index is 11.0. The van der Waals surface area contributed by atoms with Gasteiger partial charge in [0.2, 0.25) is 5.89 Å². The molecule has 0 aliphatic rings. The summed E-state index contributed by atoms with van der Waals surface area (Å²) in [6.07, 6.45) is -0.211. The van der Waals surface area contributed by atoms with E-state index in [9.17, 15) is 4.79 Å². The van der Waals surface area contributed by atoms with E-state index in [0.717, 1.165) is 5.56 Å². The van der Waals surface area contributed by atoms with Crippen LogP contribution < -0.4 is 0 Å². The lowest BCUT2D eigenvalue weighted by atomic mass is 10.1. The second-order valence-electron chi connectivity index (χ2n) is 6.59. The van der Waals surface area contributed by atoms with Crippen molar-refractivity contribution in [2.45, 2.75) is 40.0 Å². The predicted molar refractivity (Wildman–Crippen MR) is 92.1 cm³/mol. The van der Waals surface area contributed by atoms with Gasteiger partial charge >= 0.3 is 5.97 Å². The highest BCUT2D eigenvalue weighted by atomic mass is 16.5. The van der Waals surface area contributed by atoms with Gasteiger partial charge in [-0.3, -0.25) is 4.90 Å². The normalized spacial score (nSPS) is 12.7. The minimum absolute atomic E-state index is 0.211. The molecule has 0 aliphatic carbocycles. The van der Waals surface area contributed by atoms with E-state index < -0.39 is 5.97 Å². The first-order chi connectivity index (χ1) is 11.8. The van der Waals surface area contributed by atoms with Crippen LogP contribution in [-0.4, -0.2) is 39.8 Å². The lowest BCUT2D eigenvalue weighted by Crippen LogP contribution is -2.18. The Morgan fingerprint density at radius 3 is 2.76 bits per heavy atom. The molecule has 1 unspecified atom stereocenters. The molecule has 0 bridgehead atoms. The van der Waals surface area contributed by atoms with Crippen molar-refractivity contribution in [1.82, 2.24) is 15.0 Å². The van der Waals surface area contributed by atoms with Gasteiger partial charge in [-0.05, 0) is 37.6 Å². The Bertz CT molecular complexity index is 699. The summed E-state index contributed by atoms with van der Waals surface area (Å²) in [5, 5.41) is 13.0. The molecular weight excluding hydrogens is 322 g/mol. The van der Waals surface area contributed by atoms with Gasteiger partial charge in [-0.1, -0.05) is 31.1 Å². The van der Waals surface area contributed by atoms with E-state index in [1.165, 1.54) is 0 Å². The number of aromatic carboxylic acids is 1. The Hall–Kier alpha value is -2.25. The molecule has 7 heteroatoms. The molecule has 25 heavy (non-hydrogen) atoms. The van der Waals surface area contributed by atoms with Crippen molar-refractivity contribution >= 4 is 5.97 Å². The third-order valence-electron chi connectivity index (χ3n) is 3.56. The number of rotatable bonds is 9. The lowest BCUT2D eigenvalue weighted by Gasteiger charge is -2.14. The summed E-state index contributed by atoms with van der Waals surface area (Å²) in [6.45, 7) is 7.77. The fourth-order valence-corrected chi connectivity index (χ4v) is 2.31. The van der Waals surface area contributed by atoms with Crippen LogP contribution in [0.25, 0.3) is 0 Å². The van der Waals surface area contributed by atoms with Crippen molar-refractivity contribution in [2.75, 3.05) is 13.7 Å². The molecule has 1 atom stereocenters. The summed E-state index contributed by atoms with van der Waals surface area (Å²) in [4.78, 5) is 17.4. The van der Waals surface area contributed by atoms with Crippen molar-refractivity contribution in [3.63, 3.8) is 0 Å². The summed E-state index contributed by atoms with van der Waals surface area (Å²) in [5.74, 6) is 0.562. The highest BCUT2D eigenvalue weighted by Crippen LogP contribution is 2.16. The molecule has 2 aromatic rings. The largest absolute Gasteiger partial charge is 0.478 e. The molecule has 1 aromatic carbocycles. The number of benzene rings is 1. The van der Waals surface area contributed by atoms with E-state index in [1.807, 2.05) is 24.9 Å². The fraction of sp³-hybridized carbons (Fsp3) is 0.500. The minimum Gasteiger partial charge on any atom is -0.478 e. The number of carbonyl (C=O) groups is 1. The molecule has 0 saturated carbocycles. The van der Waals surface area contributed by atoms with Gasteiger partial charge in [-0.25, -0.2) is 4.79 Å². The van der Waals surface area contributed by atoms with Gasteiger partial charge in [0.05, 0.1) is 12.1 Å². The zero-order valence-electron chi connectivity index (χ0n) is 15.1. The first-order valence-electron chi connectivity index (χ1n) is 8.30. The molecule has 1 N–H and O–H groups in total. The smallest absolute Gasteiger partial charge is 0.335 e. The summed E-state index contributed by atoms with van der Waals surface area (Å²) >= 11 is 0. The minimum atomic E-state index is -0.929. The molecule has 0 radical (unpaired) electrons. The van der Waals surface area contributed by atoms with E-state index in [2.05, 4.69) is 24.0 Å². The van der Waals surface area contributed by atoms with E-state index in [0.29, 0.717) is 37.3 Å². The van der Waals surface area contributed by atoms with Crippen molar-refractivity contribution in [1.29, 1.82) is 0 Å². The topological polar surface area (TPSA) is 88.7 Å². The number of carboxylic acid groups (broad SMARTS) is 1. The lowest BCUT2D eigenvalue weighted by molar-refractivity contribution is 0.0402. The van der Waals surface area contributed by atoms with Crippen LogP contribution in [0.5, 0.6) is 0 Å². The highest BCUT2D eigenvalue weighted by molar-refractivity contribution is 5.87. The third-order valence-corrected chi connectivity index (χ3v) is 3.56. The monoisotopic (exact) mass is 347 g/mol. The molecule has 1 aromatic heterocycles. The Morgan fingerprint density at radius 2 is 2.08 bits per heavy atom. The van der Waals surface area contributed by atoms with Crippen LogP contribution in [0.2, 0.25) is 0 Å². The van der Waals surface area contributed by atoms with E-state index in [-0.39, 0.29) is 11.7 Å².